The molecular formula is C19H16INOS. The maximum absolute atomic E-state index is 12.0. The van der Waals surface area contributed by atoms with Crippen molar-refractivity contribution in [2.24, 2.45) is 0 Å². The third-order valence-corrected chi connectivity index (χ3v) is 5.41. The van der Waals surface area contributed by atoms with Crippen LogP contribution in [-0.2, 0) is 10.5 Å². The molecule has 0 aromatic heterocycles. The van der Waals surface area contributed by atoms with Crippen LogP contribution in [0, 0.1) is 3.57 Å². The topological polar surface area (TPSA) is 29.1 Å². The minimum atomic E-state index is 0.0416. The van der Waals surface area contributed by atoms with E-state index in [4.69, 9.17) is 0 Å². The number of amides is 1. The van der Waals surface area contributed by atoms with E-state index in [0.29, 0.717) is 5.75 Å². The molecule has 0 saturated heterocycles. The van der Waals surface area contributed by atoms with E-state index in [1.54, 1.807) is 11.8 Å². The van der Waals surface area contributed by atoms with Crippen LogP contribution in [0.5, 0.6) is 0 Å². The summed E-state index contributed by atoms with van der Waals surface area (Å²) in [6.07, 6.45) is 0. The quantitative estimate of drug-likeness (QED) is 0.553. The van der Waals surface area contributed by atoms with Crippen LogP contribution in [0.3, 0.4) is 0 Å². The molecule has 0 heterocycles. The largest absolute Gasteiger partial charge is 0.324 e. The van der Waals surface area contributed by atoms with E-state index in [-0.39, 0.29) is 5.91 Å². The van der Waals surface area contributed by atoms with Crippen LogP contribution in [0.4, 0.5) is 5.69 Å². The van der Waals surface area contributed by atoms with Gasteiger partial charge in [0, 0.05) is 9.32 Å². The molecule has 0 spiro atoms. The zero-order chi connectivity index (χ0) is 16.1. The molecule has 0 fully saturated rings. The van der Waals surface area contributed by atoms with Crippen LogP contribution >= 0.6 is 34.4 Å². The monoisotopic (exact) mass is 433 g/mol. The first-order chi connectivity index (χ1) is 11.2. The number of benzene rings is 3. The predicted molar refractivity (Wildman–Crippen MR) is 108 cm³/mol. The molecule has 0 aliphatic heterocycles. The van der Waals surface area contributed by atoms with E-state index in [1.807, 2.05) is 36.4 Å². The van der Waals surface area contributed by atoms with Crippen LogP contribution in [0.1, 0.15) is 5.56 Å². The molecule has 4 heteroatoms. The maximum Gasteiger partial charge on any atom is 0.234 e. The van der Waals surface area contributed by atoms with Crippen molar-refractivity contribution in [3.63, 3.8) is 0 Å². The summed E-state index contributed by atoms with van der Waals surface area (Å²) in [7, 11) is 0. The highest BCUT2D eigenvalue weighted by atomic mass is 127. The molecule has 0 atom stereocenters. The summed E-state index contributed by atoms with van der Waals surface area (Å²) in [4.78, 5) is 12.0. The lowest BCUT2D eigenvalue weighted by atomic mass is 10.1. The Bertz CT molecular complexity index is 834. The average molecular weight is 433 g/mol. The molecule has 0 saturated carbocycles. The Balaban J connectivity index is 1.54. The zero-order valence-corrected chi connectivity index (χ0v) is 15.4. The van der Waals surface area contributed by atoms with Crippen LogP contribution in [-0.4, -0.2) is 11.7 Å². The number of halogens is 1. The predicted octanol–water partition coefficient (Wildman–Crippen LogP) is 5.32. The van der Waals surface area contributed by atoms with Crippen molar-refractivity contribution in [3.05, 3.63) is 75.9 Å². The molecule has 0 aliphatic carbocycles. The third-order valence-electron chi connectivity index (χ3n) is 3.46. The van der Waals surface area contributed by atoms with Gasteiger partial charge in [-0.1, -0.05) is 54.6 Å². The SMILES string of the molecule is O=C(CSCc1ccc2ccccc2c1)Nc1ccccc1I. The number of rotatable bonds is 5. The molecule has 3 aromatic carbocycles. The van der Waals surface area contributed by atoms with Gasteiger partial charge in [-0.25, -0.2) is 0 Å². The second kappa shape index (κ2) is 7.84. The third kappa shape index (κ3) is 4.48. The summed E-state index contributed by atoms with van der Waals surface area (Å²) in [5.74, 6) is 1.34. The first kappa shape index (κ1) is 16.3. The zero-order valence-electron chi connectivity index (χ0n) is 12.5. The first-order valence-electron chi connectivity index (χ1n) is 7.32. The van der Waals surface area contributed by atoms with Gasteiger partial charge in [-0.05, 0) is 51.1 Å². The highest BCUT2D eigenvalue weighted by Crippen LogP contribution is 2.20. The molecular weight excluding hydrogens is 417 g/mol. The Morgan fingerprint density at radius 3 is 2.52 bits per heavy atom. The molecule has 3 aromatic rings. The lowest BCUT2D eigenvalue weighted by Gasteiger charge is -2.07. The van der Waals surface area contributed by atoms with Crippen LogP contribution in [0.2, 0.25) is 0 Å². The van der Waals surface area contributed by atoms with Crippen LogP contribution in [0.25, 0.3) is 10.8 Å². The Kier molecular flexibility index (Phi) is 5.56. The number of para-hydroxylation sites is 1. The second-order valence-electron chi connectivity index (χ2n) is 5.20. The summed E-state index contributed by atoms with van der Waals surface area (Å²) >= 11 is 3.86. The molecule has 23 heavy (non-hydrogen) atoms. The van der Waals surface area contributed by atoms with Crippen molar-refractivity contribution in [3.8, 4) is 0 Å². The maximum atomic E-state index is 12.0. The number of anilines is 1. The van der Waals surface area contributed by atoms with Crippen molar-refractivity contribution in [1.82, 2.24) is 0 Å². The van der Waals surface area contributed by atoms with Gasteiger partial charge in [0.05, 0.1) is 11.4 Å². The fourth-order valence-electron chi connectivity index (χ4n) is 2.34. The van der Waals surface area contributed by atoms with E-state index < -0.39 is 0 Å². The number of carbonyl (C=O) groups is 1. The Morgan fingerprint density at radius 1 is 0.957 bits per heavy atom. The Morgan fingerprint density at radius 2 is 1.70 bits per heavy atom. The van der Waals surface area contributed by atoms with Crippen molar-refractivity contribution in [2.75, 3.05) is 11.1 Å². The van der Waals surface area contributed by atoms with Crippen LogP contribution < -0.4 is 5.32 Å². The van der Waals surface area contributed by atoms with E-state index in [0.717, 1.165) is 15.0 Å². The highest BCUT2D eigenvalue weighted by Gasteiger charge is 2.05. The molecule has 1 N–H and O–H groups in total. The van der Waals surface area contributed by atoms with Gasteiger partial charge in [-0.15, -0.1) is 11.8 Å². The molecule has 0 unspecified atom stereocenters. The average Bonchev–Trinajstić information content (AvgIpc) is 2.57. The molecule has 1 amide bonds. The summed E-state index contributed by atoms with van der Waals surface area (Å²) in [5, 5.41) is 5.45. The number of hydrogen-bond donors (Lipinski definition) is 1. The van der Waals surface area contributed by atoms with Gasteiger partial charge in [0.1, 0.15) is 0 Å². The fourth-order valence-corrected chi connectivity index (χ4v) is 3.64. The summed E-state index contributed by atoms with van der Waals surface area (Å²) in [6, 6.07) is 22.6. The van der Waals surface area contributed by atoms with E-state index in [1.165, 1.54) is 16.3 Å². The number of carbonyl (C=O) groups excluding carboxylic acids is 1. The minimum Gasteiger partial charge on any atom is -0.324 e. The van der Waals surface area contributed by atoms with E-state index in [9.17, 15) is 4.79 Å². The standard InChI is InChI=1S/C19H16INOS/c20-17-7-3-4-8-18(17)21-19(22)13-23-12-14-9-10-15-5-1-2-6-16(15)11-14/h1-11H,12-13H2,(H,21,22). The van der Waals surface area contributed by atoms with Gasteiger partial charge in [-0.2, -0.15) is 0 Å². The molecule has 3 rings (SSSR count). The molecule has 116 valence electrons. The van der Waals surface area contributed by atoms with Gasteiger partial charge in [-0.3, -0.25) is 4.79 Å². The lowest BCUT2D eigenvalue weighted by molar-refractivity contribution is -0.113. The van der Waals surface area contributed by atoms with Crippen molar-refractivity contribution in [1.29, 1.82) is 0 Å². The van der Waals surface area contributed by atoms with Gasteiger partial charge in [0.2, 0.25) is 5.91 Å². The van der Waals surface area contributed by atoms with Gasteiger partial charge in [0.25, 0.3) is 0 Å². The summed E-state index contributed by atoms with van der Waals surface area (Å²) in [5.41, 5.74) is 2.13. The number of thioether (sulfide) groups is 1. The Hall–Kier alpha value is -1.53. The van der Waals surface area contributed by atoms with Gasteiger partial charge >= 0.3 is 0 Å². The number of fused-ring (bicyclic) bond motifs is 1. The van der Waals surface area contributed by atoms with Crippen LogP contribution in [0.15, 0.2) is 66.7 Å². The van der Waals surface area contributed by atoms with Gasteiger partial charge < -0.3 is 5.32 Å². The van der Waals surface area contributed by atoms with E-state index in [2.05, 4.69) is 58.2 Å². The number of hydrogen-bond acceptors (Lipinski definition) is 2. The molecule has 0 radical (unpaired) electrons. The molecule has 0 aliphatic rings. The Labute approximate surface area is 153 Å². The van der Waals surface area contributed by atoms with Crippen molar-refractivity contribution in [2.45, 2.75) is 5.75 Å². The normalized spacial score (nSPS) is 10.7. The smallest absolute Gasteiger partial charge is 0.234 e. The molecule has 2 nitrogen and oxygen atoms in total. The number of nitrogens with one attached hydrogen (secondary N) is 1. The van der Waals surface area contributed by atoms with Crippen molar-refractivity contribution < 1.29 is 4.79 Å². The fraction of sp³-hybridized carbons (Fsp3) is 0.105. The van der Waals surface area contributed by atoms with Gasteiger partial charge in [0.15, 0.2) is 0 Å². The minimum absolute atomic E-state index is 0.0416. The van der Waals surface area contributed by atoms with Crippen molar-refractivity contribution >= 4 is 56.7 Å². The van der Waals surface area contributed by atoms with E-state index >= 15 is 0 Å². The first-order valence-corrected chi connectivity index (χ1v) is 9.55. The lowest BCUT2D eigenvalue weighted by Crippen LogP contribution is -2.14. The highest BCUT2D eigenvalue weighted by molar-refractivity contribution is 14.1. The second-order valence-corrected chi connectivity index (χ2v) is 7.35. The summed E-state index contributed by atoms with van der Waals surface area (Å²) in [6.45, 7) is 0. The molecule has 0 bridgehead atoms. The summed E-state index contributed by atoms with van der Waals surface area (Å²) < 4.78 is 1.05.